The molecule has 9 nitrogen and oxygen atoms in total. The van der Waals surface area contributed by atoms with Gasteiger partial charge in [-0.05, 0) is 31.5 Å². The van der Waals surface area contributed by atoms with E-state index in [-0.39, 0.29) is 36.4 Å². The molecule has 0 bridgehead atoms. The number of benzene rings is 1. The number of para-hydroxylation sites is 1. The van der Waals surface area contributed by atoms with Crippen molar-refractivity contribution in [2.24, 2.45) is 12.0 Å². The van der Waals surface area contributed by atoms with Crippen molar-refractivity contribution in [2.75, 3.05) is 31.1 Å². The highest BCUT2D eigenvalue weighted by atomic mass is 127. The predicted octanol–water partition coefficient (Wildman–Crippen LogP) is 2.35. The highest BCUT2D eigenvalue weighted by molar-refractivity contribution is 14.0. The van der Waals surface area contributed by atoms with E-state index in [1.807, 2.05) is 67.1 Å². The van der Waals surface area contributed by atoms with Crippen molar-refractivity contribution >= 4 is 41.5 Å². The Morgan fingerprint density at radius 1 is 1.22 bits per heavy atom. The van der Waals surface area contributed by atoms with Crippen LogP contribution in [0.1, 0.15) is 18.2 Å². The molecule has 32 heavy (non-hydrogen) atoms. The molecule has 2 aromatic heterocycles. The van der Waals surface area contributed by atoms with Crippen LogP contribution in [0, 0.1) is 6.92 Å². The van der Waals surface area contributed by atoms with Crippen LogP contribution in [-0.2, 0) is 18.4 Å². The number of hydrogen-bond donors (Lipinski definition) is 1. The molecule has 1 aliphatic rings. The summed E-state index contributed by atoms with van der Waals surface area (Å²) in [6.07, 6.45) is 5.54. The van der Waals surface area contributed by atoms with Gasteiger partial charge in [0.1, 0.15) is 6.54 Å². The van der Waals surface area contributed by atoms with E-state index in [2.05, 4.69) is 21.6 Å². The van der Waals surface area contributed by atoms with Crippen molar-refractivity contribution in [3.63, 3.8) is 0 Å². The third-order valence-corrected chi connectivity index (χ3v) is 5.22. The number of aromatic nitrogens is 4. The van der Waals surface area contributed by atoms with Crippen molar-refractivity contribution in [2.45, 2.75) is 20.4 Å². The number of aliphatic imine (C=N–C) groups is 1. The number of halogens is 1. The molecule has 1 amide bonds. The van der Waals surface area contributed by atoms with Crippen LogP contribution in [0.5, 0.6) is 0 Å². The van der Waals surface area contributed by atoms with Gasteiger partial charge in [0, 0.05) is 39.1 Å². The van der Waals surface area contributed by atoms with E-state index in [1.165, 1.54) is 0 Å². The standard InChI is InChI=1S/C22H28N8O.HI/c1-4-23-22(28-11-12-29(21(31)16-28)19-14-25-27(3)15-19)24-13-18-7-5-6-8-20(18)30-10-9-17(2)26-30;/h5-10,14-15H,4,11-13,16H2,1-3H3,(H,23,24);1H. The Morgan fingerprint density at radius 2 is 2.03 bits per heavy atom. The normalized spacial score (nSPS) is 14.5. The lowest BCUT2D eigenvalue weighted by atomic mass is 10.2. The van der Waals surface area contributed by atoms with E-state index in [0.717, 1.165) is 35.1 Å². The van der Waals surface area contributed by atoms with Crippen LogP contribution < -0.4 is 10.2 Å². The number of rotatable bonds is 5. The van der Waals surface area contributed by atoms with E-state index in [1.54, 1.807) is 15.8 Å². The van der Waals surface area contributed by atoms with Gasteiger partial charge >= 0.3 is 0 Å². The van der Waals surface area contributed by atoms with E-state index in [9.17, 15) is 4.79 Å². The Kier molecular flexibility index (Phi) is 7.89. The summed E-state index contributed by atoms with van der Waals surface area (Å²) in [4.78, 5) is 21.4. The molecule has 0 unspecified atom stereocenters. The summed E-state index contributed by atoms with van der Waals surface area (Å²) in [5.41, 5.74) is 3.88. The number of carbonyl (C=O) groups is 1. The van der Waals surface area contributed by atoms with Gasteiger partial charge in [0.15, 0.2) is 5.96 Å². The molecular formula is C22H29IN8O. The van der Waals surface area contributed by atoms with Crippen LogP contribution in [0.4, 0.5) is 5.69 Å². The summed E-state index contributed by atoms with van der Waals surface area (Å²) in [5.74, 6) is 0.783. The molecule has 3 heterocycles. The zero-order valence-corrected chi connectivity index (χ0v) is 20.9. The Labute approximate surface area is 205 Å². The van der Waals surface area contributed by atoms with Gasteiger partial charge in [-0.15, -0.1) is 24.0 Å². The fourth-order valence-electron chi connectivity index (χ4n) is 3.68. The summed E-state index contributed by atoms with van der Waals surface area (Å²) >= 11 is 0. The Hall–Kier alpha value is -2.89. The average Bonchev–Trinajstić information content (AvgIpc) is 3.39. The topological polar surface area (TPSA) is 83.6 Å². The van der Waals surface area contributed by atoms with Crippen molar-refractivity contribution < 1.29 is 4.79 Å². The molecule has 0 aliphatic carbocycles. The van der Waals surface area contributed by atoms with Crippen LogP contribution in [0.3, 0.4) is 0 Å². The Balaban J connectivity index is 0.00000289. The molecule has 4 rings (SSSR count). The van der Waals surface area contributed by atoms with Gasteiger partial charge in [-0.1, -0.05) is 18.2 Å². The van der Waals surface area contributed by atoms with Gasteiger partial charge in [0.05, 0.1) is 29.8 Å². The fraction of sp³-hybridized carbons (Fsp3) is 0.364. The maximum Gasteiger partial charge on any atom is 0.246 e. The SMILES string of the molecule is CCNC(=NCc1ccccc1-n1ccc(C)n1)N1CCN(c2cnn(C)c2)C(=O)C1.I. The number of piperazine rings is 1. The third-order valence-electron chi connectivity index (χ3n) is 5.22. The van der Waals surface area contributed by atoms with Gasteiger partial charge in [0.2, 0.25) is 5.91 Å². The smallest absolute Gasteiger partial charge is 0.246 e. The van der Waals surface area contributed by atoms with Gasteiger partial charge in [-0.3, -0.25) is 9.48 Å². The molecule has 1 N–H and O–H groups in total. The molecule has 1 aromatic carbocycles. The molecule has 10 heteroatoms. The lowest BCUT2D eigenvalue weighted by Gasteiger charge is -2.35. The van der Waals surface area contributed by atoms with E-state index in [4.69, 9.17) is 4.99 Å². The first-order valence-electron chi connectivity index (χ1n) is 10.5. The first kappa shape index (κ1) is 23.8. The van der Waals surface area contributed by atoms with Crippen LogP contribution in [0.15, 0.2) is 53.9 Å². The monoisotopic (exact) mass is 548 g/mol. The van der Waals surface area contributed by atoms with E-state index in [0.29, 0.717) is 19.6 Å². The number of hydrogen-bond acceptors (Lipinski definition) is 4. The number of anilines is 1. The quantitative estimate of drug-likeness (QED) is 0.301. The molecular weight excluding hydrogens is 519 g/mol. The molecule has 1 fully saturated rings. The first-order chi connectivity index (χ1) is 15.0. The number of amides is 1. The summed E-state index contributed by atoms with van der Waals surface area (Å²) in [6.45, 7) is 6.81. The molecule has 1 saturated heterocycles. The largest absolute Gasteiger partial charge is 0.356 e. The van der Waals surface area contributed by atoms with Crippen LogP contribution in [0.25, 0.3) is 5.69 Å². The third kappa shape index (κ3) is 5.29. The van der Waals surface area contributed by atoms with Gasteiger partial charge in [-0.25, -0.2) is 9.67 Å². The average molecular weight is 548 g/mol. The molecule has 0 saturated carbocycles. The van der Waals surface area contributed by atoms with Crippen LogP contribution in [0.2, 0.25) is 0 Å². The van der Waals surface area contributed by atoms with E-state index < -0.39 is 0 Å². The van der Waals surface area contributed by atoms with Crippen LogP contribution in [-0.4, -0.2) is 62.5 Å². The van der Waals surface area contributed by atoms with Gasteiger partial charge in [0.25, 0.3) is 0 Å². The van der Waals surface area contributed by atoms with Crippen molar-refractivity contribution in [1.29, 1.82) is 0 Å². The minimum Gasteiger partial charge on any atom is -0.356 e. The summed E-state index contributed by atoms with van der Waals surface area (Å²) in [5, 5.41) is 12.0. The zero-order chi connectivity index (χ0) is 21.8. The number of nitrogens with zero attached hydrogens (tertiary/aromatic N) is 7. The Bertz CT molecular complexity index is 1090. The highest BCUT2D eigenvalue weighted by Gasteiger charge is 2.27. The number of guanidine groups is 1. The minimum atomic E-state index is 0. The molecule has 1 aliphatic heterocycles. The van der Waals surface area contributed by atoms with Crippen molar-refractivity contribution in [1.82, 2.24) is 29.8 Å². The molecule has 0 radical (unpaired) electrons. The first-order valence-corrected chi connectivity index (χ1v) is 10.5. The second kappa shape index (κ2) is 10.6. The van der Waals surface area contributed by atoms with E-state index >= 15 is 0 Å². The maximum atomic E-state index is 12.8. The van der Waals surface area contributed by atoms with Crippen LogP contribution >= 0.6 is 24.0 Å². The van der Waals surface area contributed by atoms with Gasteiger partial charge in [-0.2, -0.15) is 10.2 Å². The van der Waals surface area contributed by atoms with Crippen molar-refractivity contribution in [3.8, 4) is 5.69 Å². The molecule has 3 aromatic rings. The number of carbonyl (C=O) groups excluding carboxylic acids is 1. The highest BCUT2D eigenvalue weighted by Crippen LogP contribution is 2.18. The molecule has 0 atom stereocenters. The summed E-state index contributed by atoms with van der Waals surface area (Å²) in [6, 6.07) is 10.1. The lowest BCUT2D eigenvalue weighted by Crippen LogP contribution is -2.55. The minimum absolute atomic E-state index is 0. The zero-order valence-electron chi connectivity index (χ0n) is 18.6. The fourth-order valence-corrected chi connectivity index (χ4v) is 3.68. The molecule has 0 spiro atoms. The summed E-state index contributed by atoms with van der Waals surface area (Å²) in [7, 11) is 1.85. The lowest BCUT2D eigenvalue weighted by molar-refractivity contribution is -0.120. The Morgan fingerprint density at radius 3 is 2.69 bits per heavy atom. The number of nitrogens with one attached hydrogen (secondary N) is 1. The maximum absolute atomic E-state index is 12.8. The molecule has 170 valence electrons. The summed E-state index contributed by atoms with van der Waals surface area (Å²) < 4.78 is 3.59. The number of aryl methyl sites for hydroxylation is 2. The predicted molar refractivity (Wildman–Crippen MR) is 136 cm³/mol. The second-order valence-electron chi connectivity index (χ2n) is 7.54. The van der Waals surface area contributed by atoms with Crippen molar-refractivity contribution in [3.05, 3.63) is 60.2 Å². The second-order valence-corrected chi connectivity index (χ2v) is 7.54. The van der Waals surface area contributed by atoms with Gasteiger partial charge < -0.3 is 15.1 Å².